The summed E-state index contributed by atoms with van der Waals surface area (Å²) in [4.78, 5) is 4.91. The first-order chi connectivity index (χ1) is 12.0. The second-order valence-corrected chi connectivity index (χ2v) is 7.50. The van der Waals surface area contributed by atoms with Crippen LogP contribution in [0.3, 0.4) is 0 Å². The molecule has 2 rings (SSSR count). The normalized spacial score (nSPS) is 19.4. The molecule has 1 N–H and O–H groups in total. The fourth-order valence-corrected chi connectivity index (χ4v) is 3.70. The van der Waals surface area contributed by atoms with Crippen LogP contribution in [-0.4, -0.2) is 68.0 Å². The number of aliphatic hydroxyl groups is 1. The van der Waals surface area contributed by atoms with Gasteiger partial charge in [-0.15, -0.1) is 0 Å². The third-order valence-electron chi connectivity index (χ3n) is 4.70. The number of benzene rings is 1. The van der Waals surface area contributed by atoms with Gasteiger partial charge in [0.15, 0.2) is 11.5 Å². The van der Waals surface area contributed by atoms with Gasteiger partial charge in [-0.25, -0.2) is 0 Å². The van der Waals surface area contributed by atoms with E-state index >= 15 is 0 Å². The van der Waals surface area contributed by atoms with E-state index < -0.39 is 0 Å². The fraction of sp³-hybridized carbons (Fsp3) is 0.684. The first-order valence-corrected chi connectivity index (χ1v) is 9.33. The molecule has 0 saturated carbocycles. The average Bonchev–Trinajstić information content (AvgIpc) is 2.58. The molecule has 6 heteroatoms. The number of aliphatic hydroxyl groups excluding tert-OH is 1. The van der Waals surface area contributed by atoms with Gasteiger partial charge in [-0.3, -0.25) is 9.80 Å². The maximum atomic E-state index is 9.42. The SMILES string of the molecule is COc1cc(Cl)c(CN2CCN(CC(C)C)[C@@H](CCO)C2)cc1OC. The Morgan fingerprint density at radius 1 is 1.20 bits per heavy atom. The van der Waals surface area contributed by atoms with Crippen molar-refractivity contribution in [2.24, 2.45) is 5.92 Å². The van der Waals surface area contributed by atoms with Crippen molar-refractivity contribution in [2.45, 2.75) is 32.9 Å². The highest BCUT2D eigenvalue weighted by atomic mass is 35.5. The zero-order valence-electron chi connectivity index (χ0n) is 15.8. The Hall–Kier alpha value is -1.01. The van der Waals surface area contributed by atoms with E-state index in [0.29, 0.717) is 28.5 Å². The zero-order valence-corrected chi connectivity index (χ0v) is 16.6. The molecule has 1 aliphatic rings. The lowest BCUT2D eigenvalue weighted by atomic mass is 10.1. The van der Waals surface area contributed by atoms with Crippen molar-refractivity contribution < 1.29 is 14.6 Å². The average molecular weight is 371 g/mol. The minimum absolute atomic E-state index is 0.226. The van der Waals surface area contributed by atoms with Gasteiger partial charge in [0.2, 0.25) is 0 Å². The summed E-state index contributed by atoms with van der Waals surface area (Å²) in [7, 11) is 3.25. The molecular formula is C19H31ClN2O3. The van der Waals surface area contributed by atoms with E-state index in [4.69, 9.17) is 21.1 Å². The van der Waals surface area contributed by atoms with Crippen LogP contribution < -0.4 is 9.47 Å². The van der Waals surface area contributed by atoms with Crippen molar-refractivity contribution in [1.82, 2.24) is 9.80 Å². The lowest BCUT2D eigenvalue weighted by Crippen LogP contribution is -2.53. The van der Waals surface area contributed by atoms with Crippen molar-refractivity contribution in [3.63, 3.8) is 0 Å². The van der Waals surface area contributed by atoms with Crippen molar-refractivity contribution >= 4 is 11.6 Å². The second-order valence-electron chi connectivity index (χ2n) is 7.09. The van der Waals surface area contributed by atoms with Crippen LogP contribution in [-0.2, 0) is 6.54 Å². The topological polar surface area (TPSA) is 45.2 Å². The molecule has 0 aliphatic carbocycles. The summed E-state index contributed by atoms with van der Waals surface area (Å²) in [5.41, 5.74) is 1.04. The van der Waals surface area contributed by atoms with E-state index in [1.54, 1.807) is 14.2 Å². The summed E-state index contributed by atoms with van der Waals surface area (Å²) in [6, 6.07) is 4.17. The predicted molar refractivity (Wildman–Crippen MR) is 102 cm³/mol. The summed E-state index contributed by atoms with van der Waals surface area (Å²) in [6.45, 7) is 9.53. The van der Waals surface area contributed by atoms with E-state index in [1.807, 2.05) is 12.1 Å². The van der Waals surface area contributed by atoms with E-state index in [9.17, 15) is 5.11 Å². The van der Waals surface area contributed by atoms with Crippen molar-refractivity contribution in [1.29, 1.82) is 0 Å². The van der Waals surface area contributed by atoms with E-state index in [0.717, 1.165) is 44.7 Å². The molecule has 0 bridgehead atoms. The molecule has 0 unspecified atom stereocenters. The van der Waals surface area contributed by atoms with Crippen LogP contribution in [0.25, 0.3) is 0 Å². The van der Waals surface area contributed by atoms with E-state index in [1.165, 1.54) is 0 Å². The Morgan fingerprint density at radius 3 is 2.48 bits per heavy atom. The Kier molecular flexibility index (Phi) is 7.81. The number of ether oxygens (including phenoxy) is 2. The third-order valence-corrected chi connectivity index (χ3v) is 5.05. The lowest BCUT2D eigenvalue weighted by molar-refractivity contribution is 0.0476. The first kappa shape index (κ1) is 20.3. The van der Waals surface area contributed by atoms with Crippen LogP contribution >= 0.6 is 11.6 Å². The van der Waals surface area contributed by atoms with E-state index in [-0.39, 0.29) is 6.61 Å². The molecule has 1 aromatic carbocycles. The van der Waals surface area contributed by atoms with Crippen LogP contribution in [0.1, 0.15) is 25.8 Å². The Bertz CT molecular complexity index is 554. The molecule has 25 heavy (non-hydrogen) atoms. The third kappa shape index (κ3) is 5.48. The summed E-state index contributed by atoms with van der Waals surface area (Å²) in [6.07, 6.45) is 0.808. The molecule has 1 heterocycles. The summed E-state index contributed by atoms with van der Waals surface area (Å²) >= 11 is 6.44. The van der Waals surface area contributed by atoms with Crippen molar-refractivity contribution in [2.75, 3.05) is 47.0 Å². The molecule has 142 valence electrons. The second kappa shape index (κ2) is 9.62. The molecule has 0 radical (unpaired) electrons. The monoisotopic (exact) mass is 370 g/mol. The van der Waals surface area contributed by atoms with Crippen molar-refractivity contribution in [3.8, 4) is 11.5 Å². The van der Waals surface area contributed by atoms with Crippen LogP contribution in [0.5, 0.6) is 11.5 Å². The summed E-state index contributed by atoms with van der Waals surface area (Å²) in [5.74, 6) is 1.98. The van der Waals surface area contributed by atoms with Crippen LogP contribution in [0.2, 0.25) is 5.02 Å². The molecule has 1 aromatic rings. The number of nitrogens with zero attached hydrogens (tertiary/aromatic N) is 2. The van der Waals surface area contributed by atoms with Crippen molar-refractivity contribution in [3.05, 3.63) is 22.7 Å². The van der Waals surface area contributed by atoms with Crippen LogP contribution in [0, 0.1) is 5.92 Å². The molecule has 5 nitrogen and oxygen atoms in total. The molecular weight excluding hydrogens is 340 g/mol. The van der Waals surface area contributed by atoms with Gasteiger partial charge < -0.3 is 14.6 Å². The predicted octanol–water partition coefficient (Wildman–Crippen LogP) is 2.88. The number of piperazine rings is 1. The van der Waals surface area contributed by atoms with Gasteiger partial charge in [0.05, 0.1) is 14.2 Å². The van der Waals surface area contributed by atoms with E-state index in [2.05, 4.69) is 23.6 Å². The zero-order chi connectivity index (χ0) is 18.4. The van der Waals surface area contributed by atoms with Gasteiger partial charge in [-0.05, 0) is 24.0 Å². The Labute approximate surface area is 156 Å². The van der Waals surface area contributed by atoms with Gasteiger partial charge in [0.25, 0.3) is 0 Å². The van der Waals surface area contributed by atoms with Crippen LogP contribution in [0.4, 0.5) is 0 Å². The number of hydrogen-bond acceptors (Lipinski definition) is 5. The highest BCUT2D eigenvalue weighted by molar-refractivity contribution is 6.31. The molecule has 1 saturated heterocycles. The fourth-order valence-electron chi connectivity index (χ4n) is 3.49. The lowest BCUT2D eigenvalue weighted by Gasteiger charge is -2.42. The largest absolute Gasteiger partial charge is 0.493 e. The van der Waals surface area contributed by atoms with Gasteiger partial charge >= 0.3 is 0 Å². The van der Waals surface area contributed by atoms with Crippen LogP contribution in [0.15, 0.2) is 12.1 Å². The van der Waals surface area contributed by atoms with Gasteiger partial charge in [-0.2, -0.15) is 0 Å². The number of methoxy groups -OCH3 is 2. The molecule has 0 spiro atoms. The smallest absolute Gasteiger partial charge is 0.162 e. The molecule has 1 aliphatic heterocycles. The minimum Gasteiger partial charge on any atom is -0.493 e. The quantitative estimate of drug-likeness (QED) is 0.762. The number of rotatable bonds is 8. The highest BCUT2D eigenvalue weighted by Crippen LogP contribution is 2.34. The van der Waals surface area contributed by atoms with Gasteiger partial charge in [0.1, 0.15) is 0 Å². The number of hydrogen-bond donors (Lipinski definition) is 1. The number of halogens is 1. The molecule has 0 aromatic heterocycles. The minimum atomic E-state index is 0.226. The Balaban J connectivity index is 2.08. The van der Waals surface area contributed by atoms with Gasteiger partial charge in [-0.1, -0.05) is 25.4 Å². The first-order valence-electron chi connectivity index (χ1n) is 8.96. The van der Waals surface area contributed by atoms with Gasteiger partial charge in [0, 0.05) is 56.5 Å². The maximum Gasteiger partial charge on any atom is 0.162 e. The maximum absolute atomic E-state index is 9.42. The summed E-state index contributed by atoms with van der Waals surface area (Å²) < 4.78 is 10.7. The summed E-state index contributed by atoms with van der Waals surface area (Å²) in [5, 5.41) is 10.1. The molecule has 1 atom stereocenters. The standard InChI is InChI=1S/C19H31ClN2O3/c1-14(2)11-22-7-6-21(13-16(22)5-8-23)12-15-9-18(24-3)19(25-4)10-17(15)20/h9-10,14,16,23H,5-8,11-13H2,1-4H3/t16-/m0/s1. The highest BCUT2D eigenvalue weighted by Gasteiger charge is 2.27. The molecule has 0 amide bonds. The molecule has 1 fully saturated rings. The Morgan fingerprint density at radius 2 is 1.88 bits per heavy atom.